The molecule has 0 atom stereocenters. The molecule has 1 saturated heterocycles. The number of primary amides is 1. The van der Waals surface area contributed by atoms with Gasteiger partial charge in [-0.05, 0) is 47.5 Å². The molecule has 1 fully saturated rings. The van der Waals surface area contributed by atoms with E-state index in [1.165, 1.54) is 0 Å². The number of carbonyl (C=O) groups excluding carboxylic acids is 1. The molecule has 0 aliphatic carbocycles. The molecule has 0 saturated carbocycles. The van der Waals surface area contributed by atoms with Crippen LogP contribution in [-0.2, 0) is 4.74 Å². The average molecular weight is 450 g/mol. The van der Waals surface area contributed by atoms with E-state index in [2.05, 4.69) is 34.1 Å². The third kappa shape index (κ3) is 3.56. The highest BCUT2D eigenvalue weighted by Gasteiger charge is 2.15. The van der Waals surface area contributed by atoms with Gasteiger partial charge in [-0.3, -0.25) is 9.78 Å². The Kier molecular flexibility index (Phi) is 4.96. The number of hydrogen-bond acceptors (Lipinski definition) is 5. The minimum absolute atomic E-state index is 0.454. The number of nitrogens with zero attached hydrogens (tertiary/aromatic N) is 4. The summed E-state index contributed by atoms with van der Waals surface area (Å²) in [4.78, 5) is 23.8. The Morgan fingerprint density at radius 3 is 2.44 bits per heavy atom. The van der Waals surface area contributed by atoms with Crippen LogP contribution in [0.3, 0.4) is 0 Å². The van der Waals surface area contributed by atoms with E-state index in [-0.39, 0.29) is 0 Å². The Morgan fingerprint density at radius 1 is 0.882 bits per heavy atom. The van der Waals surface area contributed by atoms with Crippen LogP contribution < -0.4 is 10.6 Å². The van der Waals surface area contributed by atoms with Gasteiger partial charge in [-0.2, -0.15) is 0 Å². The molecule has 2 N–H and O–H groups in total. The van der Waals surface area contributed by atoms with E-state index in [4.69, 9.17) is 15.5 Å². The van der Waals surface area contributed by atoms with E-state index < -0.39 is 5.91 Å². The van der Waals surface area contributed by atoms with Crippen LogP contribution in [0.25, 0.3) is 38.8 Å². The molecule has 0 bridgehead atoms. The molecule has 5 aromatic rings. The Hall–Kier alpha value is -4.23. The number of rotatable bonds is 4. The molecule has 168 valence electrons. The fraction of sp³-hybridized carbons (Fsp3) is 0.148. The SMILES string of the molecule is NC(=O)c1cc2ccccc2n1-c1ccc(-c2ccc3ncc(N4CCOCC4)nc3c2)cc1. The quantitative estimate of drug-likeness (QED) is 0.445. The Morgan fingerprint density at radius 2 is 1.65 bits per heavy atom. The summed E-state index contributed by atoms with van der Waals surface area (Å²) in [6.45, 7) is 3.06. The predicted molar refractivity (Wildman–Crippen MR) is 133 cm³/mol. The van der Waals surface area contributed by atoms with Gasteiger partial charge in [0.1, 0.15) is 11.5 Å². The average Bonchev–Trinajstić information content (AvgIpc) is 3.29. The second kappa shape index (κ2) is 8.28. The fourth-order valence-electron chi connectivity index (χ4n) is 4.54. The van der Waals surface area contributed by atoms with E-state index in [9.17, 15) is 4.79 Å². The molecule has 7 nitrogen and oxygen atoms in total. The first-order valence-electron chi connectivity index (χ1n) is 11.3. The summed E-state index contributed by atoms with van der Waals surface area (Å²) in [5.41, 5.74) is 11.8. The van der Waals surface area contributed by atoms with E-state index in [1.807, 2.05) is 59.3 Å². The molecule has 34 heavy (non-hydrogen) atoms. The van der Waals surface area contributed by atoms with Crippen molar-refractivity contribution in [1.82, 2.24) is 14.5 Å². The van der Waals surface area contributed by atoms with Crippen LogP contribution in [0.5, 0.6) is 0 Å². The van der Waals surface area contributed by atoms with Gasteiger partial charge in [0.2, 0.25) is 0 Å². The van der Waals surface area contributed by atoms with Crippen LogP contribution in [0.2, 0.25) is 0 Å². The number of benzene rings is 3. The summed E-state index contributed by atoms with van der Waals surface area (Å²) >= 11 is 0. The number of aromatic nitrogens is 3. The molecule has 0 spiro atoms. The lowest BCUT2D eigenvalue weighted by molar-refractivity contribution is 0.0994. The maximum absolute atomic E-state index is 12.1. The Bertz CT molecular complexity index is 1520. The number of amides is 1. The van der Waals surface area contributed by atoms with Crippen LogP contribution in [0.15, 0.2) is 79.0 Å². The molecular weight excluding hydrogens is 426 g/mol. The van der Waals surface area contributed by atoms with Gasteiger partial charge in [-0.1, -0.05) is 36.4 Å². The molecule has 2 aromatic heterocycles. The van der Waals surface area contributed by atoms with Gasteiger partial charge in [-0.25, -0.2) is 4.98 Å². The summed E-state index contributed by atoms with van der Waals surface area (Å²) < 4.78 is 7.35. The molecule has 1 amide bonds. The molecule has 0 unspecified atom stereocenters. The minimum Gasteiger partial charge on any atom is -0.378 e. The summed E-state index contributed by atoms with van der Waals surface area (Å²) in [6, 6.07) is 24.0. The van der Waals surface area contributed by atoms with E-state index in [1.54, 1.807) is 0 Å². The highest BCUT2D eigenvalue weighted by atomic mass is 16.5. The number of nitrogens with two attached hydrogens (primary N) is 1. The van der Waals surface area contributed by atoms with Crippen molar-refractivity contribution in [2.45, 2.75) is 0 Å². The number of ether oxygens (including phenoxy) is 1. The third-order valence-corrected chi connectivity index (χ3v) is 6.29. The second-order valence-corrected chi connectivity index (χ2v) is 8.37. The van der Waals surface area contributed by atoms with Gasteiger partial charge in [-0.15, -0.1) is 0 Å². The number of para-hydroxylation sites is 1. The van der Waals surface area contributed by atoms with Crippen molar-refractivity contribution in [3.8, 4) is 16.8 Å². The van der Waals surface area contributed by atoms with Crippen molar-refractivity contribution >= 4 is 33.7 Å². The maximum Gasteiger partial charge on any atom is 0.265 e. The van der Waals surface area contributed by atoms with Gasteiger partial charge < -0.3 is 19.9 Å². The Labute approximate surface area is 196 Å². The maximum atomic E-state index is 12.1. The molecule has 0 radical (unpaired) electrons. The molecule has 6 rings (SSSR count). The van der Waals surface area contributed by atoms with Gasteiger partial charge in [0.05, 0.1) is 36.0 Å². The van der Waals surface area contributed by atoms with Crippen molar-refractivity contribution in [2.24, 2.45) is 5.73 Å². The molecule has 1 aliphatic rings. The predicted octanol–water partition coefficient (Wildman–Crippen LogP) is 4.18. The first-order valence-corrected chi connectivity index (χ1v) is 11.3. The summed E-state index contributed by atoms with van der Waals surface area (Å²) in [5, 5.41) is 0.976. The molecule has 3 aromatic carbocycles. The first-order chi connectivity index (χ1) is 16.7. The normalized spacial score (nSPS) is 14.1. The van der Waals surface area contributed by atoms with Crippen LogP contribution in [0.4, 0.5) is 5.82 Å². The van der Waals surface area contributed by atoms with Crippen LogP contribution in [0, 0.1) is 0 Å². The molecule has 3 heterocycles. The smallest absolute Gasteiger partial charge is 0.265 e. The van der Waals surface area contributed by atoms with Crippen molar-refractivity contribution in [2.75, 3.05) is 31.2 Å². The van der Waals surface area contributed by atoms with Crippen molar-refractivity contribution in [3.05, 3.63) is 84.7 Å². The second-order valence-electron chi connectivity index (χ2n) is 8.37. The van der Waals surface area contributed by atoms with Gasteiger partial charge in [0.15, 0.2) is 0 Å². The standard InChI is InChI=1S/C27H23N5O2/c28-27(33)25-16-20-3-1-2-4-24(20)32(25)21-8-5-18(6-9-21)19-7-10-22-23(15-19)30-26(17-29-22)31-11-13-34-14-12-31/h1-10,15-17H,11-14H2,(H2,28,33). The lowest BCUT2D eigenvalue weighted by Crippen LogP contribution is -2.36. The lowest BCUT2D eigenvalue weighted by atomic mass is 10.0. The van der Waals surface area contributed by atoms with Crippen LogP contribution in [0.1, 0.15) is 10.5 Å². The minimum atomic E-state index is -0.454. The number of hydrogen-bond donors (Lipinski definition) is 1. The van der Waals surface area contributed by atoms with Gasteiger partial charge in [0.25, 0.3) is 5.91 Å². The largest absolute Gasteiger partial charge is 0.378 e. The first kappa shape index (κ1) is 20.4. The molecular formula is C27H23N5O2. The number of carbonyl (C=O) groups is 1. The number of fused-ring (bicyclic) bond motifs is 2. The summed E-state index contributed by atoms with van der Waals surface area (Å²) in [6.07, 6.45) is 1.83. The highest BCUT2D eigenvalue weighted by molar-refractivity contribution is 5.99. The van der Waals surface area contributed by atoms with Crippen LogP contribution >= 0.6 is 0 Å². The zero-order valence-corrected chi connectivity index (χ0v) is 18.5. The highest BCUT2D eigenvalue weighted by Crippen LogP contribution is 2.28. The van der Waals surface area contributed by atoms with Crippen molar-refractivity contribution in [1.29, 1.82) is 0 Å². The van der Waals surface area contributed by atoms with Crippen molar-refractivity contribution < 1.29 is 9.53 Å². The zero-order valence-electron chi connectivity index (χ0n) is 18.5. The monoisotopic (exact) mass is 449 g/mol. The summed E-state index contributed by atoms with van der Waals surface area (Å²) in [7, 11) is 0. The number of morpholine rings is 1. The van der Waals surface area contributed by atoms with E-state index in [0.29, 0.717) is 18.9 Å². The third-order valence-electron chi connectivity index (χ3n) is 6.29. The van der Waals surface area contributed by atoms with E-state index in [0.717, 1.165) is 57.7 Å². The fourth-order valence-corrected chi connectivity index (χ4v) is 4.54. The van der Waals surface area contributed by atoms with Gasteiger partial charge >= 0.3 is 0 Å². The van der Waals surface area contributed by atoms with Crippen LogP contribution in [-0.4, -0.2) is 46.7 Å². The zero-order chi connectivity index (χ0) is 23.1. The van der Waals surface area contributed by atoms with Gasteiger partial charge in [0, 0.05) is 24.2 Å². The van der Waals surface area contributed by atoms with Crippen molar-refractivity contribution in [3.63, 3.8) is 0 Å². The molecule has 7 heteroatoms. The Balaban J connectivity index is 1.37. The lowest BCUT2D eigenvalue weighted by Gasteiger charge is -2.27. The topological polar surface area (TPSA) is 86.3 Å². The van der Waals surface area contributed by atoms with E-state index >= 15 is 0 Å². The summed E-state index contributed by atoms with van der Waals surface area (Å²) in [5.74, 6) is 0.422. The molecule has 1 aliphatic heterocycles. The number of anilines is 1.